The first-order valence-electron chi connectivity index (χ1n) is 9.56. The second-order valence-corrected chi connectivity index (χ2v) is 8.18. The number of carboxylic acid groups (broad SMARTS) is 3. The van der Waals surface area contributed by atoms with Crippen LogP contribution in [0.1, 0.15) is 46.5 Å². The van der Waals surface area contributed by atoms with Crippen molar-refractivity contribution >= 4 is 23.7 Å². The molecule has 1 aliphatic rings. The fourth-order valence-electron chi connectivity index (χ4n) is 3.59. The molecule has 1 fully saturated rings. The van der Waals surface area contributed by atoms with Crippen LogP contribution in [-0.2, 0) is 23.9 Å². The van der Waals surface area contributed by atoms with E-state index in [9.17, 15) is 34.5 Å². The molecule has 0 heterocycles. The van der Waals surface area contributed by atoms with Crippen LogP contribution in [0.25, 0.3) is 0 Å². The number of carbonyl (C=O) groups is 4. The van der Waals surface area contributed by atoms with E-state index >= 15 is 0 Å². The Bertz CT molecular complexity index is 667. The molecule has 4 unspecified atom stereocenters. The number of Topliss-reactive ketones (excluding diaryl/α,β-unsaturated/α-hetero) is 1. The highest BCUT2D eigenvalue weighted by Crippen LogP contribution is 2.46. The molecule has 0 aromatic carbocycles. The lowest BCUT2D eigenvalue weighted by Gasteiger charge is -2.30. The molecular formula is C20H30O9. The van der Waals surface area contributed by atoms with Crippen LogP contribution in [0.3, 0.4) is 0 Å². The van der Waals surface area contributed by atoms with E-state index in [-0.39, 0.29) is 6.42 Å². The summed E-state index contributed by atoms with van der Waals surface area (Å²) in [5.41, 5.74) is -2.71. The molecule has 9 nitrogen and oxygen atoms in total. The average Bonchev–Trinajstić information content (AvgIpc) is 2.91. The van der Waals surface area contributed by atoms with Gasteiger partial charge in [-0.25, -0.2) is 4.79 Å². The highest BCUT2D eigenvalue weighted by molar-refractivity contribution is 6.13. The van der Waals surface area contributed by atoms with E-state index in [1.165, 1.54) is 12.2 Å². The zero-order valence-electron chi connectivity index (χ0n) is 17.0. The molecule has 1 aliphatic carbocycles. The number of aliphatic hydroxyl groups excluding tert-OH is 1. The number of carbonyl (C=O) groups excluding carboxylic acids is 1. The summed E-state index contributed by atoms with van der Waals surface area (Å²) in [4.78, 5) is 46.9. The molecule has 0 aliphatic heterocycles. The Labute approximate surface area is 169 Å². The first kappa shape index (κ1) is 24.8. The number of unbranched alkanes of at least 4 members (excludes halogenated alkanes) is 1. The van der Waals surface area contributed by atoms with E-state index in [1.807, 2.05) is 20.8 Å². The van der Waals surface area contributed by atoms with Crippen LogP contribution < -0.4 is 0 Å². The Morgan fingerprint density at radius 3 is 2.38 bits per heavy atom. The Kier molecular flexibility index (Phi) is 8.52. The lowest BCUT2D eigenvalue weighted by Crippen LogP contribution is -2.46. The third-order valence-electron chi connectivity index (χ3n) is 5.61. The molecule has 9 heteroatoms. The normalized spacial score (nSPS) is 26.0. The Balaban J connectivity index is 3.20. The number of ketones is 1. The summed E-state index contributed by atoms with van der Waals surface area (Å²) < 4.78 is 4.91. The smallest absolute Gasteiger partial charge is 0.329 e. The van der Waals surface area contributed by atoms with Gasteiger partial charge in [0.15, 0.2) is 11.2 Å². The monoisotopic (exact) mass is 414 g/mol. The number of aliphatic hydroxyl groups is 1. The predicted molar refractivity (Wildman–Crippen MR) is 101 cm³/mol. The summed E-state index contributed by atoms with van der Waals surface area (Å²) in [6.07, 6.45) is 4.12. The van der Waals surface area contributed by atoms with E-state index in [2.05, 4.69) is 0 Å². The molecule has 4 atom stereocenters. The van der Waals surface area contributed by atoms with Crippen molar-refractivity contribution in [1.82, 2.24) is 0 Å². The van der Waals surface area contributed by atoms with Crippen LogP contribution in [-0.4, -0.2) is 63.4 Å². The third-order valence-corrected chi connectivity index (χ3v) is 5.61. The van der Waals surface area contributed by atoms with Crippen LogP contribution in [0.4, 0.5) is 0 Å². The molecular weight excluding hydrogens is 384 g/mol. The van der Waals surface area contributed by atoms with Crippen molar-refractivity contribution in [1.29, 1.82) is 0 Å². The summed E-state index contributed by atoms with van der Waals surface area (Å²) in [5.74, 6) is -7.99. The number of ether oxygens (including phenoxy) is 1. The maximum atomic E-state index is 12.7. The second-order valence-electron chi connectivity index (χ2n) is 8.18. The molecule has 164 valence electrons. The van der Waals surface area contributed by atoms with Crippen molar-refractivity contribution in [3.63, 3.8) is 0 Å². The number of carboxylic acids is 3. The summed E-state index contributed by atoms with van der Waals surface area (Å²) in [7, 11) is 0. The molecule has 0 bridgehead atoms. The maximum Gasteiger partial charge on any atom is 0.329 e. The lowest BCUT2D eigenvalue weighted by molar-refractivity contribution is -0.164. The lowest BCUT2D eigenvalue weighted by atomic mass is 9.76. The molecule has 0 aromatic heterocycles. The van der Waals surface area contributed by atoms with Gasteiger partial charge in [-0.2, -0.15) is 0 Å². The minimum absolute atomic E-state index is 0.268. The first-order chi connectivity index (χ1) is 13.4. The second kappa shape index (κ2) is 9.98. The van der Waals surface area contributed by atoms with Gasteiger partial charge in [-0.1, -0.05) is 45.8 Å². The molecule has 0 aromatic rings. The van der Waals surface area contributed by atoms with Crippen LogP contribution in [0.15, 0.2) is 12.2 Å². The summed E-state index contributed by atoms with van der Waals surface area (Å²) in [6.45, 7) is 4.16. The van der Waals surface area contributed by atoms with Gasteiger partial charge in [0.2, 0.25) is 0 Å². The molecule has 0 saturated heterocycles. The van der Waals surface area contributed by atoms with Crippen molar-refractivity contribution in [3.8, 4) is 0 Å². The van der Waals surface area contributed by atoms with E-state index in [0.717, 1.165) is 19.3 Å². The van der Waals surface area contributed by atoms with Crippen LogP contribution in [0, 0.1) is 22.7 Å². The number of aliphatic carboxylic acids is 3. The summed E-state index contributed by atoms with van der Waals surface area (Å²) >= 11 is 0. The van der Waals surface area contributed by atoms with Gasteiger partial charge in [0.1, 0.15) is 12.5 Å². The zero-order valence-corrected chi connectivity index (χ0v) is 17.0. The standard InChI is InChI=1S/C20H30O9/c1-4-5-8-19(2,3)14(21)7-6-12-9-13(17(25)26)16(24)20(12,18(27)28)11-29-10-15(22)23/h6-7,12-14,21H,4-5,8-11H2,1-3H3,(H,22,23)(H,25,26)(H,27,28). The molecule has 29 heavy (non-hydrogen) atoms. The quantitative estimate of drug-likeness (QED) is 0.275. The first-order valence-corrected chi connectivity index (χ1v) is 9.56. The number of rotatable bonds is 12. The van der Waals surface area contributed by atoms with Gasteiger partial charge in [0.05, 0.1) is 12.7 Å². The Hall–Kier alpha value is -2.26. The minimum atomic E-state index is -2.22. The van der Waals surface area contributed by atoms with Gasteiger partial charge >= 0.3 is 17.9 Å². The van der Waals surface area contributed by atoms with Gasteiger partial charge in [-0.3, -0.25) is 14.4 Å². The van der Waals surface area contributed by atoms with Gasteiger partial charge in [-0.15, -0.1) is 0 Å². The summed E-state index contributed by atoms with van der Waals surface area (Å²) in [5, 5.41) is 38.3. The third kappa shape index (κ3) is 5.63. The van der Waals surface area contributed by atoms with Gasteiger partial charge in [0, 0.05) is 5.92 Å². The van der Waals surface area contributed by atoms with Gasteiger partial charge in [0.25, 0.3) is 0 Å². The molecule has 1 saturated carbocycles. The van der Waals surface area contributed by atoms with Gasteiger partial charge < -0.3 is 25.2 Å². The number of allylic oxidation sites excluding steroid dienone is 1. The molecule has 0 radical (unpaired) electrons. The van der Waals surface area contributed by atoms with E-state index < -0.39 is 65.7 Å². The highest BCUT2D eigenvalue weighted by atomic mass is 16.5. The van der Waals surface area contributed by atoms with Crippen molar-refractivity contribution in [3.05, 3.63) is 12.2 Å². The van der Waals surface area contributed by atoms with E-state index in [1.54, 1.807) is 0 Å². The van der Waals surface area contributed by atoms with Crippen LogP contribution >= 0.6 is 0 Å². The van der Waals surface area contributed by atoms with E-state index in [4.69, 9.17) is 9.84 Å². The molecule has 0 spiro atoms. The van der Waals surface area contributed by atoms with E-state index in [0.29, 0.717) is 0 Å². The average molecular weight is 414 g/mol. The minimum Gasteiger partial charge on any atom is -0.481 e. The van der Waals surface area contributed by atoms with Crippen LogP contribution in [0.5, 0.6) is 0 Å². The van der Waals surface area contributed by atoms with Crippen molar-refractivity contribution in [2.24, 2.45) is 22.7 Å². The number of hydrogen-bond acceptors (Lipinski definition) is 6. The molecule has 1 rings (SSSR count). The Morgan fingerprint density at radius 1 is 1.28 bits per heavy atom. The molecule has 0 amide bonds. The topological polar surface area (TPSA) is 158 Å². The predicted octanol–water partition coefficient (Wildman–Crippen LogP) is 1.58. The zero-order chi connectivity index (χ0) is 22.4. The number of hydrogen-bond donors (Lipinski definition) is 4. The fraction of sp³-hybridized carbons (Fsp3) is 0.700. The molecule has 4 N–H and O–H groups in total. The Morgan fingerprint density at radius 2 is 1.90 bits per heavy atom. The maximum absolute atomic E-state index is 12.7. The SMILES string of the molecule is CCCCC(C)(C)C(O)C=CC1CC(C(=O)O)C(=O)C1(COCC(=O)O)C(=O)O. The highest BCUT2D eigenvalue weighted by Gasteiger charge is 2.61. The van der Waals surface area contributed by atoms with Crippen molar-refractivity contribution < 1.29 is 44.3 Å². The fourth-order valence-corrected chi connectivity index (χ4v) is 3.59. The largest absolute Gasteiger partial charge is 0.481 e. The summed E-state index contributed by atoms with van der Waals surface area (Å²) in [6, 6.07) is 0. The van der Waals surface area contributed by atoms with Crippen LogP contribution in [0.2, 0.25) is 0 Å². The van der Waals surface area contributed by atoms with Gasteiger partial charge in [-0.05, 0) is 18.3 Å². The van der Waals surface area contributed by atoms with Crippen molar-refractivity contribution in [2.75, 3.05) is 13.2 Å². The van der Waals surface area contributed by atoms with Crippen molar-refractivity contribution in [2.45, 2.75) is 52.6 Å².